The van der Waals surface area contributed by atoms with Gasteiger partial charge in [0, 0.05) is 42.7 Å². The van der Waals surface area contributed by atoms with Crippen LogP contribution in [0.4, 0.5) is 13.2 Å². The van der Waals surface area contributed by atoms with Gasteiger partial charge in [-0.15, -0.1) is 24.5 Å². The van der Waals surface area contributed by atoms with Crippen molar-refractivity contribution >= 4 is 22.9 Å². The Labute approximate surface area is 158 Å². The summed E-state index contributed by atoms with van der Waals surface area (Å²) in [5, 5.41) is 3.30. The summed E-state index contributed by atoms with van der Waals surface area (Å²) in [5.74, 6) is 0.0428. The third-order valence-electron chi connectivity index (χ3n) is 4.11. The summed E-state index contributed by atoms with van der Waals surface area (Å²) in [4.78, 5) is 3.28. The average molecular weight is 407 g/mol. The Morgan fingerprint density at radius 3 is 2.50 bits per heavy atom. The highest BCUT2D eigenvalue weighted by molar-refractivity contribution is 7.16. The van der Waals surface area contributed by atoms with E-state index in [4.69, 9.17) is 16.3 Å². The molecule has 1 aromatic heterocycles. The Bertz CT molecular complexity index is 748. The highest BCUT2D eigenvalue weighted by Crippen LogP contribution is 2.41. The molecule has 0 saturated carbocycles. The van der Waals surface area contributed by atoms with E-state index < -0.39 is 6.36 Å². The zero-order valence-corrected chi connectivity index (χ0v) is 15.5. The minimum absolute atomic E-state index is 0.149. The Balaban J connectivity index is 1.99. The number of alkyl halides is 3. The lowest BCUT2D eigenvalue weighted by Crippen LogP contribution is -2.45. The highest BCUT2D eigenvalue weighted by Gasteiger charge is 2.32. The Kier molecular flexibility index (Phi) is 5.96. The van der Waals surface area contributed by atoms with Gasteiger partial charge < -0.3 is 14.8 Å². The molecule has 1 aromatic carbocycles. The van der Waals surface area contributed by atoms with E-state index in [0.717, 1.165) is 36.6 Å². The van der Waals surface area contributed by atoms with Gasteiger partial charge in [-0.1, -0.05) is 11.6 Å². The molecule has 3 rings (SSSR count). The molecule has 1 atom stereocenters. The number of thiophene rings is 1. The molecule has 0 unspecified atom stereocenters. The van der Waals surface area contributed by atoms with E-state index >= 15 is 0 Å². The first-order valence-electron chi connectivity index (χ1n) is 8.01. The van der Waals surface area contributed by atoms with Gasteiger partial charge in [0.05, 0.1) is 17.5 Å². The molecule has 0 bridgehead atoms. The van der Waals surface area contributed by atoms with Crippen molar-refractivity contribution in [1.29, 1.82) is 0 Å². The standard InChI is InChI=1S/C17H18ClF3N2O2S/c1-24-13-10-11(25-17(19,20)21)2-3-12(13)16(14-4-5-15(18)26-14)23-8-6-22-7-9-23/h2-5,10,16,22H,6-9H2,1H3/t16-/m1/s1. The van der Waals surface area contributed by atoms with Gasteiger partial charge in [-0.3, -0.25) is 4.90 Å². The number of ether oxygens (including phenoxy) is 2. The van der Waals surface area contributed by atoms with E-state index in [1.165, 1.54) is 30.6 Å². The normalized spacial score (nSPS) is 17.1. The molecule has 4 nitrogen and oxygen atoms in total. The molecule has 142 valence electrons. The minimum atomic E-state index is -4.74. The van der Waals surface area contributed by atoms with Gasteiger partial charge in [0.2, 0.25) is 0 Å². The van der Waals surface area contributed by atoms with Crippen LogP contribution in [0.25, 0.3) is 0 Å². The Morgan fingerprint density at radius 2 is 1.92 bits per heavy atom. The van der Waals surface area contributed by atoms with E-state index in [9.17, 15) is 13.2 Å². The lowest BCUT2D eigenvalue weighted by molar-refractivity contribution is -0.274. The quantitative estimate of drug-likeness (QED) is 0.802. The van der Waals surface area contributed by atoms with Crippen LogP contribution in [0.5, 0.6) is 11.5 Å². The molecule has 1 N–H and O–H groups in total. The summed E-state index contributed by atoms with van der Waals surface area (Å²) in [6.07, 6.45) is -4.74. The number of methoxy groups -OCH3 is 1. The van der Waals surface area contributed by atoms with Crippen LogP contribution < -0.4 is 14.8 Å². The van der Waals surface area contributed by atoms with E-state index in [0.29, 0.717) is 10.1 Å². The average Bonchev–Trinajstić information content (AvgIpc) is 3.02. The van der Waals surface area contributed by atoms with Crippen LogP contribution in [-0.4, -0.2) is 44.6 Å². The molecule has 26 heavy (non-hydrogen) atoms. The van der Waals surface area contributed by atoms with E-state index in [1.807, 2.05) is 12.1 Å². The van der Waals surface area contributed by atoms with Gasteiger partial charge in [-0.25, -0.2) is 0 Å². The maximum absolute atomic E-state index is 12.5. The van der Waals surface area contributed by atoms with Crippen LogP contribution in [0.2, 0.25) is 4.34 Å². The molecule has 9 heteroatoms. The summed E-state index contributed by atoms with van der Waals surface area (Å²) in [5.41, 5.74) is 0.780. The number of piperazine rings is 1. The molecule has 1 fully saturated rings. The van der Waals surface area contributed by atoms with Crippen LogP contribution in [0.15, 0.2) is 30.3 Å². The largest absolute Gasteiger partial charge is 0.573 e. The van der Waals surface area contributed by atoms with Crippen molar-refractivity contribution in [2.75, 3.05) is 33.3 Å². The lowest BCUT2D eigenvalue weighted by atomic mass is 10.0. The topological polar surface area (TPSA) is 33.7 Å². The van der Waals surface area contributed by atoms with Crippen LogP contribution in [0, 0.1) is 0 Å². The molecule has 2 heterocycles. The fourth-order valence-electron chi connectivity index (χ4n) is 3.06. The number of nitrogens with one attached hydrogen (secondary N) is 1. The van der Waals surface area contributed by atoms with Gasteiger partial charge >= 0.3 is 6.36 Å². The minimum Gasteiger partial charge on any atom is -0.496 e. The van der Waals surface area contributed by atoms with Crippen molar-refractivity contribution in [3.63, 3.8) is 0 Å². The van der Waals surface area contributed by atoms with Gasteiger partial charge in [-0.2, -0.15) is 0 Å². The number of hydrogen-bond acceptors (Lipinski definition) is 5. The Hall–Kier alpha value is -1.48. The van der Waals surface area contributed by atoms with Crippen molar-refractivity contribution in [3.8, 4) is 11.5 Å². The van der Waals surface area contributed by atoms with Crippen molar-refractivity contribution in [1.82, 2.24) is 10.2 Å². The molecule has 0 radical (unpaired) electrons. The van der Waals surface area contributed by atoms with Crippen LogP contribution in [0.1, 0.15) is 16.5 Å². The fourth-order valence-corrected chi connectivity index (χ4v) is 4.28. The second-order valence-corrected chi connectivity index (χ2v) is 7.53. The number of benzene rings is 1. The summed E-state index contributed by atoms with van der Waals surface area (Å²) >= 11 is 7.57. The monoisotopic (exact) mass is 406 g/mol. The van der Waals surface area contributed by atoms with Gasteiger partial charge in [0.15, 0.2) is 0 Å². The SMILES string of the molecule is COc1cc(OC(F)(F)F)ccc1[C@H](c1ccc(Cl)s1)N1CCNCC1. The van der Waals surface area contributed by atoms with Gasteiger partial charge in [0.25, 0.3) is 0 Å². The molecule has 2 aromatic rings. The molecule has 1 aliphatic heterocycles. The zero-order chi connectivity index (χ0) is 18.7. The van der Waals surface area contributed by atoms with Crippen LogP contribution in [0.3, 0.4) is 0 Å². The van der Waals surface area contributed by atoms with Crippen molar-refractivity contribution in [2.24, 2.45) is 0 Å². The van der Waals surface area contributed by atoms with Gasteiger partial charge in [-0.05, 0) is 24.3 Å². The molecule has 0 amide bonds. The van der Waals surface area contributed by atoms with E-state index in [-0.39, 0.29) is 11.8 Å². The molecule has 1 aliphatic rings. The van der Waals surface area contributed by atoms with Crippen molar-refractivity contribution in [2.45, 2.75) is 12.4 Å². The molecule has 0 aliphatic carbocycles. The predicted octanol–water partition coefficient (Wildman–Crippen LogP) is 4.30. The zero-order valence-electron chi connectivity index (χ0n) is 14.0. The number of nitrogens with zero attached hydrogens (tertiary/aromatic N) is 1. The number of rotatable bonds is 5. The summed E-state index contributed by atoms with van der Waals surface area (Å²) in [7, 11) is 1.44. The summed E-state index contributed by atoms with van der Waals surface area (Å²) in [6.45, 7) is 3.30. The second kappa shape index (κ2) is 8.04. The first-order valence-corrected chi connectivity index (χ1v) is 9.20. The molecule has 1 saturated heterocycles. The smallest absolute Gasteiger partial charge is 0.496 e. The molecular formula is C17H18ClF3N2O2S. The Morgan fingerprint density at radius 1 is 1.19 bits per heavy atom. The predicted molar refractivity (Wildman–Crippen MR) is 95.3 cm³/mol. The van der Waals surface area contributed by atoms with Crippen LogP contribution >= 0.6 is 22.9 Å². The maximum atomic E-state index is 12.5. The van der Waals surface area contributed by atoms with Crippen molar-refractivity contribution < 1.29 is 22.6 Å². The maximum Gasteiger partial charge on any atom is 0.573 e. The first kappa shape index (κ1) is 19.3. The van der Waals surface area contributed by atoms with Gasteiger partial charge in [0.1, 0.15) is 11.5 Å². The molecule has 0 spiro atoms. The first-order chi connectivity index (χ1) is 12.4. The third-order valence-corrected chi connectivity index (χ3v) is 5.40. The lowest BCUT2D eigenvalue weighted by Gasteiger charge is -2.35. The molecular weight excluding hydrogens is 389 g/mol. The highest BCUT2D eigenvalue weighted by atomic mass is 35.5. The summed E-state index contributed by atoms with van der Waals surface area (Å²) < 4.78 is 47.6. The van der Waals surface area contributed by atoms with Crippen molar-refractivity contribution in [3.05, 3.63) is 45.1 Å². The fraction of sp³-hybridized carbons (Fsp3) is 0.412. The van der Waals surface area contributed by atoms with E-state index in [1.54, 1.807) is 6.07 Å². The van der Waals surface area contributed by atoms with Crippen LogP contribution in [-0.2, 0) is 0 Å². The number of hydrogen-bond donors (Lipinski definition) is 1. The summed E-state index contributed by atoms with van der Waals surface area (Å²) in [6, 6.07) is 7.83. The van der Waals surface area contributed by atoms with E-state index in [2.05, 4.69) is 15.0 Å². The third kappa shape index (κ3) is 4.62. The number of halogens is 4. The second-order valence-electron chi connectivity index (χ2n) is 5.78.